The second-order valence-corrected chi connectivity index (χ2v) is 15.5. The van der Waals surface area contributed by atoms with Crippen molar-refractivity contribution in [3.63, 3.8) is 0 Å². The van der Waals surface area contributed by atoms with Gasteiger partial charge in [0, 0.05) is 13.3 Å². The molecular formula is C35H62N2O25. The molecule has 362 valence electrons. The predicted molar refractivity (Wildman–Crippen MR) is 195 cm³/mol. The number of aliphatic carboxylic acids is 1. The topological polar surface area (TPSA) is 449 Å². The van der Waals surface area contributed by atoms with E-state index in [0.29, 0.717) is 25.8 Å². The monoisotopic (exact) mass is 910 g/mol. The fraction of sp³-hybridized carbons (Fsp3) is 0.943. The molecule has 0 aliphatic carbocycles. The van der Waals surface area contributed by atoms with Crippen molar-refractivity contribution in [2.45, 2.75) is 167 Å². The van der Waals surface area contributed by atoms with Gasteiger partial charge in [-0.2, -0.15) is 0 Å². The molecule has 62 heavy (non-hydrogen) atoms. The molecule has 22 atom stereocenters. The number of amides is 1. The Labute approximate surface area is 353 Å². The summed E-state index contributed by atoms with van der Waals surface area (Å²) < 4.78 is 45.7. The van der Waals surface area contributed by atoms with Crippen LogP contribution >= 0.6 is 0 Å². The van der Waals surface area contributed by atoms with Crippen molar-refractivity contribution in [1.82, 2.24) is 5.32 Å². The van der Waals surface area contributed by atoms with E-state index in [4.69, 9.17) is 43.6 Å². The molecule has 0 aromatic heterocycles. The highest BCUT2D eigenvalue weighted by molar-refractivity contribution is 5.76. The smallest absolute Gasteiger partial charge is 0.364 e. The van der Waals surface area contributed by atoms with Crippen LogP contribution in [0.1, 0.15) is 32.6 Å². The molecule has 0 aromatic rings. The third-order valence-corrected chi connectivity index (χ3v) is 11.0. The van der Waals surface area contributed by atoms with Gasteiger partial charge in [-0.3, -0.25) is 4.79 Å². The first kappa shape index (κ1) is 52.6. The fourth-order valence-electron chi connectivity index (χ4n) is 7.61. The summed E-state index contributed by atoms with van der Waals surface area (Å²) in [5, 5.41) is 162. The molecule has 4 heterocycles. The molecule has 1 amide bonds. The van der Waals surface area contributed by atoms with E-state index in [-0.39, 0.29) is 6.61 Å². The molecule has 4 fully saturated rings. The summed E-state index contributed by atoms with van der Waals surface area (Å²) >= 11 is 0. The Hall–Kier alpha value is -1.98. The minimum atomic E-state index is -2.59. The Bertz CT molecular complexity index is 1390. The number of aliphatic hydroxyl groups is 14. The maximum atomic E-state index is 12.5. The quantitative estimate of drug-likeness (QED) is 0.0475. The molecule has 27 heteroatoms. The normalized spacial score (nSPS) is 43.1. The van der Waals surface area contributed by atoms with Gasteiger partial charge in [0.1, 0.15) is 104 Å². The van der Waals surface area contributed by atoms with Crippen molar-refractivity contribution in [3.8, 4) is 0 Å². The van der Waals surface area contributed by atoms with Crippen LogP contribution in [0.3, 0.4) is 0 Å². The van der Waals surface area contributed by atoms with Crippen LogP contribution in [0, 0.1) is 0 Å². The minimum Gasteiger partial charge on any atom is -0.477 e. The van der Waals surface area contributed by atoms with Crippen LogP contribution < -0.4 is 11.1 Å². The minimum absolute atomic E-state index is 0.199. The molecule has 0 radical (unpaired) electrons. The third kappa shape index (κ3) is 11.9. The Balaban J connectivity index is 1.69. The van der Waals surface area contributed by atoms with Crippen molar-refractivity contribution in [2.75, 3.05) is 39.6 Å². The van der Waals surface area contributed by atoms with E-state index in [2.05, 4.69) is 5.32 Å². The summed E-state index contributed by atoms with van der Waals surface area (Å²) in [6.07, 6.45) is -39.7. The summed E-state index contributed by atoms with van der Waals surface area (Å²) in [6.45, 7) is -2.98. The fourth-order valence-corrected chi connectivity index (χ4v) is 7.61. The second-order valence-electron chi connectivity index (χ2n) is 15.5. The van der Waals surface area contributed by atoms with Gasteiger partial charge in [0.2, 0.25) is 5.91 Å². The second kappa shape index (κ2) is 23.5. The van der Waals surface area contributed by atoms with E-state index in [0.717, 1.165) is 6.92 Å². The Morgan fingerprint density at radius 3 is 1.81 bits per heavy atom. The number of carbonyl (C=O) groups excluding carboxylic acids is 1. The van der Waals surface area contributed by atoms with E-state index >= 15 is 0 Å². The van der Waals surface area contributed by atoms with E-state index in [1.807, 2.05) is 0 Å². The average molecular weight is 911 g/mol. The summed E-state index contributed by atoms with van der Waals surface area (Å²) in [5.41, 5.74) is 5.50. The van der Waals surface area contributed by atoms with Gasteiger partial charge in [0.05, 0.1) is 39.1 Å². The van der Waals surface area contributed by atoms with Gasteiger partial charge in [-0.1, -0.05) is 0 Å². The van der Waals surface area contributed by atoms with E-state index in [1.54, 1.807) is 0 Å². The lowest BCUT2D eigenvalue weighted by Crippen LogP contribution is -2.70. The number of unbranched alkanes of at least 4 members (excludes halogenated alkanes) is 2. The van der Waals surface area contributed by atoms with E-state index in [9.17, 15) is 86.2 Å². The van der Waals surface area contributed by atoms with Crippen molar-refractivity contribution < 1.29 is 124 Å². The zero-order valence-corrected chi connectivity index (χ0v) is 33.6. The van der Waals surface area contributed by atoms with Gasteiger partial charge in [0.15, 0.2) is 18.9 Å². The molecule has 4 aliphatic rings. The first-order valence-corrected chi connectivity index (χ1v) is 20.0. The lowest BCUT2D eigenvalue weighted by atomic mass is 9.91. The van der Waals surface area contributed by atoms with Crippen molar-refractivity contribution in [1.29, 1.82) is 0 Å². The first-order chi connectivity index (χ1) is 29.3. The van der Waals surface area contributed by atoms with Gasteiger partial charge < -0.3 is 126 Å². The molecule has 3 unspecified atom stereocenters. The maximum absolute atomic E-state index is 12.5. The van der Waals surface area contributed by atoms with Gasteiger partial charge in [-0.15, -0.1) is 0 Å². The zero-order chi connectivity index (χ0) is 46.2. The Kier molecular flexibility index (Phi) is 19.9. The SMILES string of the molecule is CC(=O)N[C@H]1[C@@H](O[C@@H]2[C@@H](O[C@@H]3[C@H](O)[C@@H](O[C@@H]4[C@H](O)C[C@](OCCCCCN)(C(=O)O)O[C@@H]4C(O)CO)O[C@H](C(O)CO)[C@H]3O)O[C@@H](C(O)CO)[C@@H](O)[C@@H]2O)O[C@H](CO)[C@@H](O)[C@@H]1O. The average Bonchev–Trinajstić information content (AvgIpc) is 3.24. The predicted octanol–water partition coefficient (Wildman–Crippen LogP) is -9.89. The summed E-state index contributed by atoms with van der Waals surface area (Å²) in [4.78, 5) is 24.6. The highest BCUT2D eigenvalue weighted by atomic mass is 16.8. The number of carbonyl (C=O) groups is 2. The van der Waals surface area contributed by atoms with Crippen LogP contribution in [0.2, 0.25) is 0 Å². The van der Waals surface area contributed by atoms with Crippen molar-refractivity contribution in [3.05, 3.63) is 0 Å². The number of ether oxygens (including phenoxy) is 8. The molecule has 0 aromatic carbocycles. The zero-order valence-electron chi connectivity index (χ0n) is 33.6. The highest BCUT2D eigenvalue weighted by Crippen LogP contribution is 2.38. The standard InChI is InChI=1S/C35H62N2O25/c1-12(42)37-18-20(48)19(47)17(11-41)56-31(18)61-30-22(50)21(49)25(14(44)8-38)58-33(30)60-29-23(51)26(15(45)9-39)57-32(24(29)52)59-27-13(43)7-35(34(53)54,55-6-4-2-3-5-36)62-28(27)16(46)10-40/h13-33,38-41,43-52H,2-11,36H2,1H3,(H,37,42)(H,53,54)/t13-,14?,15?,16?,17-,18-,19-,20-,21+,22+,23-,24+,25+,26-,27-,28-,29+,30+,31-,32-,33-,35-/m1/s1. The number of rotatable bonds is 21. The molecule has 4 saturated heterocycles. The van der Waals surface area contributed by atoms with Crippen molar-refractivity contribution in [2.24, 2.45) is 5.73 Å². The van der Waals surface area contributed by atoms with Crippen LogP contribution in [0.5, 0.6) is 0 Å². The molecule has 4 rings (SSSR count). The molecule has 0 spiro atoms. The Morgan fingerprint density at radius 1 is 0.677 bits per heavy atom. The van der Waals surface area contributed by atoms with Crippen LogP contribution in [-0.4, -0.2) is 263 Å². The first-order valence-electron chi connectivity index (χ1n) is 20.0. The molecule has 18 N–H and O–H groups in total. The lowest BCUT2D eigenvalue weighted by Gasteiger charge is -2.51. The largest absolute Gasteiger partial charge is 0.477 e. The maximum Gasteiger partial charge on any atom is 0.364 e. The van der Waals surface area contributed by atoms with E-state index < -0.39 is 179 Å². The summed E-state index contributed by atoms with van der Waals surface area (Å²) in [5.74, 6) is -5.09. The van der Waals surface area contributed by atoms with Gasteiger partial charge >= 0.3 is 5.97 Å². The van der Waals surface area contributed by atoms with Crippen LogP contribution in [0.15, 0.2) is 0 Å². The summed E-state index contributed by atoms with van der Waals surface area (Å²) in [6, 6.07) is -1.65. The molecule has 0 bridgehead atoms. The number of hydrogen-bond acceptors (Lipinski definition) is 25. The number of hydrogen-bond donors (Lipinski definition) is 17. The third-order valence-electron chi connectivity index (χ3n) is 11.0. The van der Waals surface area contributed by atoms with Crippen molar-refractivity contribution >= 4 is 11.9 Å². The number of nitrogens with two attached hydrogens (primary N) is 1. The number of carboxylic acids is 1. The molecular weight excluding hydrogens is 848 g/mol. The number of aliphatic hydroxyl groups excluding tert-OH is 14. The molecule has 4 aliphatic heterocycles. The van der Waals surface area contributed by atoms with E-state index in [1.165, 1.54) is 0 Å². The Morgan fingerprint density at radius 2 is 1.24 bits per heavy atom. The molecule has 27 nitrogen and oxygen atoms in total. The number of nitrogens with one attached hydrogen (secondary N) is 1. The number of carboxylic acid groups (broad SMARTS) is 1. The highest BCUT2D eigenvalue weighted by Gasteiger charge is 2.59. The van der Waals surface area contributed by atoms with Crippen LogP contribution in [-0.2, 0) is 47.5 Å². The van der Waals surface area contributed by atoms with Gasteiger partial charge in [-0.25, -0.2) is 4.79 Å². The summed E-state index contributed by atoms with van der Waals surface area (Å²) in [7, 11) is 0. The lowest BCUT2D eigenvalue weighted by molar-refractivity contribution is -0.398. The molecule has 0 saturated carbocycles. The van der Waals surface area contributed by atoms with Crippen LogP contribution in [0.4, 0.5) is 0 Å². The van der Waals surface area contributed by atoms with Gasteiger partial charge in [-0.05, 0) is 25.8 Å². The van der Waals surface area contributed by atoms with Gasteiger partial charge in [0.25, 0.3) is 5.79 Å². The van der Waals surface area contributed by atoms with Crippen LogP contribution in [0.25, 0.3) is 0 Å².